The van der Waals surface area contributed by atoms with Gasteiger partial charge in [-0.3, -0.25) is 0 Å². The molecule has 1 aliphatic rings. The second kappa shape index (κ2) is 5.74. The van der Waals surface area contributed by atoms with Gasteiger partial charge in [0.1, 0.15) is 0 Å². The highest BCUT2D eigenvalue weighted by Gasteiger charge is 2.37. The van der Waals surface area contributed by atoms with Crippen LogP contribution in [0, 0.1) is 5.41 Å². The fourth-order valence-electron chi connectivity index (χ4n) is 3.05. The SMILES string of the molecule is CC(C)n1cc(S(=O)(=O)NC2CCCC2(C)C)cc1CO. The molecule has 0 aliphatic heterocycles. The Morgan fingerprint density at radius 3 is 2.57 bits per heavy atom. The zero-order valence-corrected chi connectivity index (χ0v) is 14.1. The lowest BCUT2D eigenvalue weighted by Gasteiger charge is -2.27. The summed E-state index contributed by atoms with van der Waals surface area (Å²) in [7, 11) is -3.54. The molecule has 1 heterocycles. The molecule has 0 spiro atoms. The number of hydrogen-bond donors (Lipinski definition) is 2. The van der Waals surface area contributed by atoms with Crippen molar-refractivity contribution in [3.8, 4) is 0 Å². The lowest BCUT2D eigenvalue weighted by molar-refractivity contribution is 0.268. The van der Waals surface area contributed by atoms with Gasteiger partial charge in [0.2, 0.25) is 10.0 Å². The number of nitrogens with zero attached hydrogens (tertiary/aromatic N) is 1. The zero-order chi connectivity index (χ0) is 15.8. The van der Waals surface area contributed by atoms with Crippen LogP contribution in [-0.2, 0) is 16.6 Å². The van der Waals surface area contributed by atoms with Gasteiger partial charge in [0.05, 0.1) is 11.5 Å². The van der Waals surface area contributed by atoms with Crippen LogP contribution in [0.1, 0.15) is 58.7 Å². The van der Waals surface area contributed by atoms with Gasteiger partial charge in [0, 0.05) is 24.0 Å². The molecular formula is C15H26N2O3S. The molecular weight excluding hydrogens is 288 g/mol. The van der Waals surface area contributed by atoms with Gasteiger partial charge in [-0.1, -0.05) is 20.3 Å². The molecule has 2 rings (SSSR count). The largest absolute Gasteiger partial charge is 0.390 e. The Morgan fingerprint density at radius 2 is 2.14 bits per heavy atom. The number of aliphatic hydroxyl groups is 1. The summed E-state index contributed by atoms with van der Waals surface area (Å²) in [4.78, 5) is 0.239. The first-order valence-corrected chi connectivity index (χ1v) is 8.99. The maximum Gasteiger partial charge on any atom is 0.242 e. The van der Waals surface area contributed by atoms with E-state index in [9.17, 15) is 13.5 Å². The van der Waals surface area contributed by atoms with E-state index in [1.807, 2.05) is 13.8 Å². The van der Waals surface area contributed by atoms with Gasteiger partial charge in [-0.2, -0.15) is 0 Å². The average molecular weight is 314 g/mol. The standard InChI is InChI=1S/C15H26N2O3S/c1-11(2)17-9-13(8-12(17)10-18)21(19,20)16-14-6-5-7-15(14,3)4/h8-9,11,14,16,18H,5-7,10H2,1-4H3. The van der Waals surface area contributed by atoms with Crippen LogP contribution in [0.25, 0.3) is 0 Å². The maximum atomic E-state index is 12.6. The number of aliphatic hydroxyl groups excluding tert-OH is 1. The molecule has 1 aromatic heterocycles. The third-order valence-corrected chi connectivity index (χ3v) is 5.93. The zero-order valence-electron chi connectivity index (χ0n) is 13.3. The molecule has 1 atom stereocenters. The van der Waals surface area contributed by atoms with Crippen molar-refractivity contribution in [2.45, 2.75) is 70.5 Å². The molecule has 0 aromatic carbocycles. The number of sulfonamides is 1. The van der Waals surface area contributed by atoms with Crippen LogP contribution < -0.4 is 4.72 Å². The highest BCUT2D eigenvalue weighted by Crippen LogP contribution is 2.38. The first kappa shape index (κ1) is 16.5. The summed E-state index contributed by atoms with van der Waals surface area (Å²) in [6.45, 7) is 7.96. The van der Waals surface area contributed by atoms with Crippen LogP contribution in [0.4, 0.5) is 0 Å². The highest BCUT2D eigenvalue weighted by atomic mass is 32.2. The third-order valence-electron chi connectivity index (χ3n) is 4.49. The number of aromatic nitrogens is 1. The van der Waals surface area contributed by atoms with E-state index in [0.29, 0.717) is 5.69 Å². The number of rotatable bonds is 5. The van der Waals surface area contributed by atoms with Crippen molar-refractivity contribution >= 4 is 10.0 Å². The van der Waals surface area contributed by atoms with Crippen molar-refractivity contribution in [1.82, 2.24) is 9.29 Å². The molecule has 21 heavy (non-hydrogen) atoms. The van der Waals surface area contributed by atoms with Gasteiger partial charge in [-0.15, -0.1) is 0 Å². The summed E-state index contributed by atoms with van der Waals surface area (Å²) in [5.41, 5.74) is 0.615. The van der Waals surface area contributed by atoms with E-state index in [2.05, 4.69) is 18.6 Å². The maximum absolute atomic E-state index is 12.6. The van der Waals surface area contributed by atoms with E-state index in [1.165, 1.54) is 0 Å². The summed E-state index contributed by atoms with van der Waals surface area (Å²) >= 11 is 0. The van der Waals surface area contributed by atoms with Gasteiger partial charge in [-0.05, 0) is 38.2 Å². The Bertz CT molecular complexity index is 602. The average Bonchev–Trinajstić information content (AvgIpc) is 2.93. The highest BCUT2D eigenvalue weighted by molar-refractivity contribution is 7.89. The van der Waals surface area contributed by atoms with Crippen LogP contribution in [0.3, 0.4) is 0 Å². The van der Waals surface area contributed by atoms with E-state index in [-0.39, 0.29) is 29.0 Å². The molecule has 5 nitrogen and oxygen atoms in total. The van der Waals surface area contributed by atoms with E-state index < -0.39 is 10.0 Å². The summed E-state index contributed by atoms with van der Waals surface area (Å²) in [5.74, 6) is 0. The van der Waals surface area contributed by atoms with Gasteiger partial charge in [0.15, 0.2) is 0 Å². The van der Waals surface area contributed by atoms with Crippen molar-refractivity contribution in [2.75, 3.05) is 0 Å². The summed E-state index contributed by atoms with van der Waals surface area (Å²) in [6, 6.07) is 1.64. The summed E-state index contributed by atoms with van der Waals surface area (Å²) in [6.07, 6.45) is 4.58. The third kappa shape index (κ3) is 3.33. The van der Waals surface area contributed by atoms with Crippen LogP contribution in [0.15, 0.2) is 17.2 Å². The Balaban J connectivity index is 2.28. The monoisotopic (exact) mass is 314 g/mol. The first-order valence-electron chi connectivity index (χ1n) is 7.51. The second-order valence-electron chi connectivity index (χ2n) is 6.88. The molecule has 2 N–H and O–H groups in total. The molecule has 0 bridgehead atoms. The van der Waals surface area contributed by atoms with Crippen LogP contribution >= 0.6 is 0 Å². The molecule has 1 fully saturated rings. The molecule has 1 aromatic rings. The summed E-state index contributed by atoms with van der Waals surface area (Å²) in [5, 5.41) is 9.38. The Hall–Kier alpha value is -0.850. The molecule has 120 valence electrons. The second-order valence-corrected chi connectivity index (χ2v) is 8.59. The fourth-order valence-corrected chi connectivity index (χ4v) is 4.54. The van der Waals surface area contributed by atoms with Crippen LogP contribution in [0.5, 0.6) is 0 Å². The molecule has 1 saturated carbocycles. The predicted molar refractivity (Wildman–Crippen MR) is 82.5 cm³/mol. The Labute approximate surface area is 127 Å². The predicted octanol–water partition coefficient (Wildman–Crippen LogP) is 2.42. The van der Waals surface area contributed by atoms with Crippen molar-refractivity contribution in [3.63, 3.8) is 0 Å². The lowest BCUT2D eigenvalue weighted by atomic mass is 9.88. The molecule has 0 amide bonds. The van der Waals surface area contributed by atoms with Crippen LogP contribution in [-0.4, -0.2) is 24.1 Å². The molecule has 1 aliphatic carbocycles. The molecule has 1 unspecified atom stereocenters. The van der Waals surface area contributed by atoms with Crippen molar-refractivity contribution in [1.29, 1.82) is 0 Å². The minimum absolute atomic E-state index is 0.00646. The normalized spacial score (nSPS) is 22.1. The van der Waals surface area contributed by atoms with Crippen molar-refractivity contribution in [3.05, 3.63) is 18.0 Å². The molecule has 0 saturated heterocycles. The summed E-state index contributed by atoms with van der Waals surface area (Å²) < 4.78 is 29.8. The lowest BCUT2D eigenvalue weighted by Crippen LogP contribution is -2.41. The van der Waals surface area contributed by atoms with E-state index in [0.717, 1.165) is 19.3 Å². The Morgan fingerprint density at radius 1 is 1.48 bits per heavy atom. The minimum atomic E-state index is -3.54. The molecule has 0 radical (unpaired) electrons. The van der Waals surface area contributed by atoms with Crippen molar-refractivity contribution < 1.29 is 13.5 Å². The van der Waals surface area contributed by atoms with E-state index in [4.69, 9.17) is 0 Å². The number of hydrogen-bond acceptors (Lipinski definition) is 3. The molecule has 6 heteroatoms. The van der Waals surface area contributed by atoms with Gasteiger partial charge < -0.3 is 9.67 Å². The van der Waals surface area contributed by atoms with Gasteiger partial charge in [0.25, 0.3) is 0 Å². The topological polar surface area (TPSA) is 71.3 Å². The van der Waals surface area contributed by atoms with Gasteiger partial charge in [-0.25, -0.2) is 13.1 Å². The smallest absolute Gasteiger partial charge is 0.242 e. The quantitative estimate of drug-likeness (QED) is 0.877. The minimum Gasteiger partial charge on any atom is -0.390 e. The Kier molecular flexibility index (Phi) is 4.52. The number of nitrogens with one attached hydrogen (secondary N) is 1. The van der Waals surface area contributed by atoms with Crippen LogP contribution in [0.2, 0.25) is 0 Å². The van der Waals surface area contributed by atoms with Crippen molar-refractivity contribution in [2.24, 2.45) is 5.41 Å². The van der Waals surface area contributed by atoms with E-state index >= 15 is 0 Å². The van der Waals surface area contributed by atoms with E-state index in [1.54, 1.807) is 16.8 Å². The van der Waals surface area contributed by atoms with Gasteiger partial charge >= 0.3 is 0 Å². The first-order chi connectivity index (χ1) is 9.67. The fraction of sp³-hybridized carbons (Fsp3) is 0.733.